The lowest BCUT2D eigenvalue weighted by Gasteiger charge is -2.33. The summed E-state index contributed by atoms with van der Waals surface area (Å²) >= 11 is 0. The summed E-state index contributed by atoms with van der Waals surface area (Å²) in [6.07, 6.45) is 0. The van der Waals surface area contributed by atoms with Gasteiger partial charge in [-0.2, -0.15) is 0 Å². The Morgan fingerprint density at radius 3 is 1.25 bits per heavy atom. The summed E-state index contributed by atoms with van der Waals surface area (Å²) in [6, 6.07) is 45.8. The third kappa shape index (κ3) is 5.82. The van der Waals surface area contributed by atoms with E-state index in [-0.39, 0.29) is 16.7 Å². The third-order valence-corrected chi connectivity index (χ3v) is 11.7. The molecule has 0 heterocycles. The number of benzene rings is 6. The van der Waals surface area contributed by atoms with Gasteiger partial charge in [0.2, 0.25) is 0 Å². The number of hydrogen-bond acceptors (Lipinski definition) is 0. The van der Waals surface area contributed by atoms with Crippen molar-refractivity contribution >= 4 is 11.1 Å². The molecule has 0 amide bonds. The van der Waals surface area contributed by atoms with Gasteiger partial charge in [-0.15, -0.1) is 0 Å². The van der Waals surface area contributed by atoms with Crippen LogP contribution in [0.3, 0.4) is 0 Å². The molecule has 0 aliphatic heterocycles. The van der Waals surface area contributed by atoms with Crippen molar-refractivity contribution in [3.63, 3.8) is 0 Å². The summed E-state index contributed by atoms with van der Waals surface area (Å²) in [5.74, 6) is 1.45. The Morgan fingerprint density at radius 1 is 0.453 bits per heavy atom. The first kappa shape index (κ1) is 34.8. The molecule has 8 rings (SSSR count). The van der Waals surface area contributed by atoms with Crippen LogP contribution in [0.5, 0.6) is 0 Å². The molecule has 0 spiro atoms. The molecule has 6 aromatic rings. The highest BCUT2D eigenvalue weighted by Crippen LogP contribution is 2.50. The van der Waals surface area contributed by atoms with E-state index in [0.29, 0.717) is 0 Å². The second-order valence-corrected chi connectivity index (χ2v) is 17.5. The van der Waals surface area contributed by atoms with E-state index in [1.54, 1.807) is 0 Å². The number of aryl methyl sites for hydroxylation is 4. The maximum Gasteiger partial charge on any atom is 0.0808 e. The Hall–Kier alpha value is -5.29. The van der Waals surface area contributed by atoms with Crippen LogP contribution in [0, 0.1) is 33.6 Å². The molecule has 0 radical (unpaired) electrons. The molecular formula is C53H51+. The molecule has 2 aliphatic carbocycles. The van der Waals surface area contributed by atoms with Gasteiger partial charge in [-0.25, -0.2) is 0 Å². The van der Waals surface area contributed by atoms with E-state index in [2.05, 4.69) is 196 Å². The van der Waals surface area contributed by atoms with Crippen LogP contribution in [0.2, 0.25) is 0 Å². The molecule has 0 heteroatoms. The second kappa shape index (κ2) is 12.7. The van der Waals surface area contributed by atoms with E-state index in [0.717, 1.165) is 5.57 Å². The summed E-state index contributed by atoms with van der Waals surface area (Å²) in [5, 5.41) is 0. The largest absolute Gasteiger partial charge is 0.0901 e. The van der Waals surface area contributed by atoms with Crippen molar-refractivity contribution < 1.29 is 0 Å². The highest BCUT2D eigenvalue weighted by molar-refractivity contribution is 5.97. The van der Waals surface area contributed by atoms with Crippen molar-refractivity contribution in [2.75, 3.05) is 0 Å². The van der Waals surface area contributed by atoms with Gasteiger partial charge in [0.15, 0.2) is 0 Å². The minimum Gasteiger partial charge on any atom is -0.0901 e. The van der Waals surface area contributed by atoms with Crippen LogP contribution in [-0.2, 0) is 10.8 Å². The quantitative estimate of drug-likeness (QED) is 0.125. The number of hydrogen-bond donors (Lipinski definition) is 0. The monoisotopic (exact) mass is 687 g/mol. The first-order valence-corrected chi connectivity index (χ1v) is 19.2. The zero-order valence-electron chi connectivity index (χ0n) is 33.1. The van der Waals surface area contributed by atoms with Gasteiger partial charge in [-0.05, 0) is 137 Å². The van der Waals surface area contributed by atoms with Crippen molar-refractivity contribution in [1.29, 1.82) is 0 Å². The average Bonchev–Trinajstić information content (AvgIpc) is 3.11. The van der Waals surface area contributed by atoms with Crippen LogP contribution in [0.15, 0.2) is 127 Å². The molecular weight excluding hydrogens is 637 g/mol. The lowest BCUT2D eigenvalue weighted by atomic mass is 9.69. The van der Waals surface area contributed by atoms with Crippen molar-refractivity contribution in [3.05, 3.63) is 222 Å². The molecule has 0 fully saturated rings. The van der Waals surface area contributed by atoms with E-state index >= 15 is 0 Å². The lowest BCUT2D eigenvalue weighted by Crippen LogP contribution is -2.19. The molecule has 6 aromatic carbocycles. The van der Waals surface area contributed by atoms with Crippen LogP contribution in [-0.4, -0.2) is 0 Å². The molecule has 0 saturated carbocycles. The predicted octanol–water partition coefficient (Wildman–Crippen LogP) is 13.5. The minimum absolute atomic E-state index is 0.0854. The third-order valence-electron chi connectivity index (χ3n) is 11.7. The molecule has 262 valence electrons. The zero-order chi connectivity index (χ0) is 37.4. The summed E-state index contributed by atoms with van der Waals surface area (Å²) in [6.45, 7) is 23.0. The normalized spacial score (nSPS) is 15.0. The lowest BCUT2D eigenvalue weighted by molar-refractivity contribution is 0.588. The van der Waals surface area contributed by atoms with Gasteiger partial charge in [0.05, 0.1) is 28.2 Å². The van der Waals surface area contributed by atoms with Crippen LogP contribution in [0.1, 0.15) is 136 Å². The Labute approximate surface area is 318 Å². The SMILES string of the molecule is Cc1cc(C(C)(C)C)cc(C)c1[C+]1c2ccccc2C(=C=C2c3ccccc3C(c3c(C)cc(C(C)(C)C)cc3C)c3ccccc32)c2ccccc21. The fraction of sp³-hybridized carbons (Fsp3) is 0.245. The van der Waals surface area contributed by atoms with Gasteiger partial charge in [-0.1, -0.05) is 120 Å². The maximum atomic E-state index is 4.16. The highest BCUT2D eigenvalue weighted by Gasteiger charge is 2.38. The van der Waals surface area contributed by atoms with Crippen LogP contribution >= 0.6 is 0 Å². The summed E-state index contributed by atoms with van der Waals surface area (Å²) < 4.78 is 0. The van der Waals surface area contributed by atoms with E-state index in [9.17, 15) is 0 Å². The molecule has 0 saturated heterocycles. The van der Waals surface area contributed by atoms with Crippen LogP contribution in [0.25, 0.3) is 11.1 Å². The first-order valence-electron chi connectivity index (χ1n) is 19.2. The van der Waals surface area contributed by atoms with E-state index in [4.69, 9.17) is 0 Å². The molecule has 0 aromatic heterocycles. The van der Waals surface area contributed by atoms with E-state index in [1.807, 2.05) is 0 Å². The van der Waals surface area contributed by atoms with Crippen LogP contribution < -0.4 is 0 Å². The topological polar surface area (TPSA) is 0 Å². The summed E-state index contributed by atoms with van der Waals surface area (Å²) in [4.78, 5) is 0. The molecule has 0 N–H and O–H groups in total. The molecule has 53 heavy (non-hydrogen) atoms. The zero-order valence-corrected chi connectivity index (χ0v) is 33.1. The summed E-state index contributed by atoms with van der Waals surface area (Å²) in [7, 11) is 0. The first-order chi connectivity index (χ1) is 25.2. The molecule has 0 bridgehead atoms. The van der Waals surface area contributed by atoms with Gasteiger partial charge in [0.25, 0.3) is 0 Å². The Morgan fingerprint density at radius 2 is 0.811 bits per heavy atom. The van der Waals surface area contributed by atoms with Gasteiger partial charge in [0, 0.05) is 33.7 Å². The fourth-order valence-electron chi connectivity index (χ4n) is 9.02. The Balaban J connectivity index is 1.40. The maximum absolute atomic E-state index is 4.16. The molecule has 0 nitrogen and oxygen atoms in total. The minimum atomic E-state index is 0.0854. The van der Waals surface area contributed by atoms with E-state index < -0.39 is 0 Å². The summed E-state index contributed by atoms with van der Waals surface area (Å²) in [5.41, 5.74) is 27.7. The fourth-order valence-corrected chi connectivity index (χ4v) is 9.02. The van der Waals surface area contributed by atoms with Gasteiger partial charge in [-0.3, -0.25) is 0 Å². The van der Waals surface area contributed by atoms with Crippen molar-refractivity contribution in [2.24, 2.45) is 0 Å². The predicted molar refractivity (Wildman–Crippen MR) is 225 cm³/mol. The van der Waals surface area contributed by atoms with Crippen molar-refractivity contribution in [2.45, 2.75) is 86.0 Å². The smallest absolute Gasteiger partial charge is 0.0808 e. The number of rotatable bonds is 2. The highest BCUT2D eigenvalue weighted by atomic mass is 14.4. The molecule has 2 aliphatic rings. The van der Waals surface area contributed by atoms with Gasteiger partial charge >= 0.3 is 0 Å². The molecule has 0 atom stereocenters. The standard InChI is InChI=1S/C53H51/c1-32-27-36(52(5,6)7)28-33(2)48(32)50-42-23-15-11-19-38(42)46(39-20-12-16-24-43(39)50)31-47-40-21-13-17-25-44(40)51(45-26-18-14-22-41(45)47)49-34(3)29-37(30-35(49)4)53(8,9)10/h11-30,50H,1-10H3/q+1. The Bertz CT molecular complexity index is 2180. The number of fused-ring (bicyclic) bond motifs is 4. The second-order valence-electron chi connectivity index (χ2n) is 17.5. The van der Waals surface area contributed by atoms with Crippen molar-refractivity contribution in [3.8, 4) is 0 Å². The average molecular weight is 688 g/mol. The van der Waals surface area contributed by atoms with E-state index in [1.165, 1.54) is 101 Å². The van der Waals surface area contributed by atoms with Crippen LogP contribution in [0.4, 0.5) is 0 Å². The molecule has 0 unspecified atom stereocenters. The van der Waals surface area contributed by atoms with Gasteiger partial charge < -0.3 is 0 Å². The van der Waals surface area contributed by atoms with Crippen molar-refractivity contribution in [1.82, 2.24) is 0 Å². The Kier molecular flexibility index (Phi) is 8.32. The van der Waals surface area contributed by atoms with Gasteiger partial charge in [0.1, 0.15) is 0 Å².